The zero-order valence-electron chi connectivity index (χ0n) is 19.2. The van der Waals surface area contributed by atoms with Crippen LogP contribution in [0.4, 0.5) is 16.2 Å². The van der Waals surface area contributed by atoms with E-state index in [1.165, 1.54) is 0 Å². The van der Waals surface area contributed by atoms with E-state index in [1.807, 2.05) is 60.4 Å². The normalized spacial score (nSPS) is 14.7. The first-order valence-corrected chi connectivity index (χ1v) is 11.2. The summed E-state index contributed by atoms with van der Waals surface area (Å²) in [7, 11) is 1.57. The molecule has 1 atom stereocenters. The minimum atomic E-state index is -0.250. The average molecular weight is 444 g/mol. The molecule has 33 heavy (non-hydrogen) atoms. The van der Waals surface area contributed by atoms with Gasteiger partial charge in [-0.05, 0) is 61.7 Å². The van der Waals surface area contributed by atoms with E-state index in [0.717, 1.165) is 17.5 Å². The standard InChI is InChI=1S/C27H29N3O3/c1-19-13-14-25(24(17-19)28-26(31)22-11-7-12-23(18-22)33-3)30-16-8-15-29(27(30)32)20(2)21-9-5-4-6-10-21/h4-7,9-14,17-18,20H,8,15-16H2,1-3H3,(H,28,31). The van der Waals surface area contributed by atoms with Gasteiger partial charge < -0.3 is 15.0 Å². The van der Waals surface area contributed by atoms with Gasteiger partial charge in [0, 0.05) is 18.7 Å². The summed E-state index contributed by atoms with van der Waals surface area (Å²) in [6.45, 7) is 5.31. The van der Waals surface area contributed by atoms with Crippen molar-refractivity contribution in [2.75, 3.05) is 30.4 Å². The molecule has 0 spiro atoms. The number of nitrogens with one attached hydrogen (secondary N) is 1. The van der Waals surface area contributed by atoms with Crippen molar-refractivity contribution in [3.63, 3.8) is 0 Å². The van der Waals surface area contributed by atoms with Gasteiger partial charge in [0.25, 0.3) is 5.91 Å². The molecule has 0 bridgehead atoms. The highest BCUT2D eigenvalue weighted by molar-refractivity contribution is 6.08. The van der Waals surface area contributed by atoms with Crippen LogP contribution in [0.3, 0.4) is 0 Å². The molecule has 6 nitrogen and oxygen atoms in total. The summed E-state index contributed by atoms with van der Waals surface area (Å²) in [6.07, 6.45) is 0.847. The quantitative estimate of drug-likeness (QED) is 0.536. The molecule has 1 aliphatic rings. The first kappa shape index (κ1) is 22.4. The molecule has 0 saturated carbocycles. The Bertz CT molecular complexity index is 1150. The largest absolute Gasteiger partial charge is 0.497 e. The first-order valence-electron chi connectivity index (χ1n) is 11.2. The Balaban J connectivity index is 1.61. The van der Waals surface area contributed by atoms with Crippen molar-refractivity contribution in [1.82, 2.24) is 4.90 Å². The summed E-state index contributed by atoms with van der Waals surface area (Å²) in [6, 6.07) is 22.7. The lowest BCUT2D eigenvalue weighted by Gasteiger charge is -2.39. The second kappa shape index (κ2) is 9.77. The van der Waals surface area contributed by atoms with Crippen molar-refractivity contribution >= 4 is 23.3 Å². The fraction of sp³-hybridized carbons (Fsp3) is 0.259. The number of carbonyl (C=O) groups is 2. The molecule has 170 valence electrons. The van der Waals surface area contributed by atoms with Crippen molar-refractivity contribution in [3.05, 3.63) is 89.5 Å². The minimum Gasteiger partial charge on any atom is -0.497 e. The lowest BCUT2D eigenvalue weighted by atomic mass is 10.1. The molecule has 4 rings (SSSR count). The van der Waals surface area contributed by atoms with Gasteiger partial charge in [-0.3, -0.25) is 9.69 Å². The van der Waals surface area contributed by atoms with Crippen LogP contribution in [-0.4, -0.2) is 37.0 Å². The van der Waals surface area contributed by atoms with Crippen LogP contribution in [0.1, 0.15) is 40.9 Å². The van der Waals surface area contributed by atoms with Crippen LogP contribution in [0.25, 0.3) is 0 Å². The molecule has 3 aromatic rings. The number of aryl methyl sites for hydroxylation is 1. The van der Waals surface area contributed by atoms with E-state index < -0.39 is 0 Å². The number of methoxy groups -OCH3 is 1. The maximum Gasteiger partial charge on any atom is 0.325 e. The zero-order chi connectivity index (χ0) is 23.4. The van der Waals surface area contributed by atoms with Crippen molar-refractivity contribution in [1.29, 1.82) is 0 Å². The van der Waals surface area contributed by atoms with Crippen LogP contribution in [0, 0.1) is 6.92 Å². The molecular weight excluding hydrogens is 414 g/mol. The number of anilines is 2. The van der Waals surface area contributed by atoms with Gasteiger partial charge in [-0.15, -0.1) is 0 Å². The summed E-state index contributed by atoms with van der Waals surface area (Å²) in [5.74, 6) is 0.364. The predicted octanol–water partition coefficient (Wildman–Crippen LogP) is 5.65. The molecule has 3 aromatic carbocycles. The smallest absolute Gasteiger partial charge is 0.325 e. The molecule has 0 radical (unpaired) electrons. The molecule has 0 aromatic heterocycles. The third kappa shape index (κ3) is 4.85. The number of urea groups is 1. The van der Waals surface area contributed by atoms with E-state index in [9.17, 15) is 9.59 Å². The highest BCUT2D eigenvalue weighted by Crippen LogP contribution is 2.33. The highest BCUT2D eigenvalue weighted by Gasteiger charge is 2.32. The summed E-state index contributed by atoms with van der Waals surface area (Å²) in [5.41, 5.74) is 3.91. The van der Waals surface area contributed by atoms with Crippen molar-refractivity contribution in [2.45, 2.75) is 26.3 Å². The van der Waals surface area contributed by atoms with E-state index in [0.29, 0.717) is 35.8 Å². The van der Waals surface area contributed by atoms with Gasteiger partial charge in [0.2, 0.25) is 0 Å². The van der Waals surface area contributed by atoms with Crippen LogP contribution in [-0.2, 0) is 0 Å². The number of benzene rings is 3. The lowest BCUT2D eigenvalue weighted by Crippen LogP contribution is -2.50. The summed E-state index contributed by atoms with van der Waals surface area (Å²) in [5, 5.41) is 3.01. The Morgan fingerprint density at radius 2 is 1.79 bits per heavy atom. The summed E-state index contributed by atoms with van der Waals surface area (Å²) < 4.78 is 5.24. The zero-order valence-corrected chi connectivity index (χ0v) is 19.2. The molecule has 1 unspecified atom stereocenters. The Hall–Kier alpha value is -3.80. The fourth-order valence-electron chi connectivity index (χ4n) is 4.18. The minimum absolute atomic E-state index is 0.0400. The molecular formula is C27H29N3O3. The summed E-state index contributed by atoms with van der Waals surface area (Å²) >= 11 is 0. The van der Waals surface area contributed by atoms with E-state index >= 15 is 0 Å². The van der Waals surface area contributed by atoms with Crippen LogP contribution in [0.5, 0.6) is 5.75 Å². The predicted molar refractivity (Wildman–Crippen MR) is 131 cm³/mol. The number of hydrogen-bond donors (Lipinski definition) is 1. The Morgan fingerprint density at radius 3 is 2.55 bits per heavy atom. The second-order valence-corrected chi connectivity index (χ2v) is 8.27. The van der Waals surface area contributed by atoms with Crippen molar-refractivity contribution in [3.8, 4) is 5.75 Å². The topological polar surface area (TPSA) is 61.9 Å². The van der Waals surface area contributed by atoms with Crippen molar-refractivity contribution < 1.29 is 14.3 Å². The lowest BCUT2D eigenvalue weighted by molar-refractivity contribution is 0.102. The number of amides is 3. The molecule has 1 aliphatic heterocycles. The van der Waals surface area contributed by atoms with Gasteiger partial charge in [-0.25, -0.2) is 4.79 Å². The van der Waals surface area contributed by atoms with E-state index in [2.05, 4.69) is 12.2 Å². The molecule has 3 amide bonds. The van der Waals surface area contributed by atoms with Crippen LogP contribution in [0.15, 0.2) is 72.8 Å². The Morgan fingerprint density at radius 1 is 1.00 bits per heavy atom. The fourth-order valence-corrected chi connectivity index (χ4v) is 4.18. The van der Waals surface area contributed by atoms with Crippen LogP contribution >= 0.6 is 0 Å². The van der Waals surface area contributed by atoms with Gasteiger partial charge in [-0.2, -0.15) is 0 Å². The monoisotopic (exact) mass is 443 g/mol. The van der Waals surface area contributed by atoms with E-state index in [4.69, 9.17) is 4.74 Å². The Kier molecular flexibility index (Phi) is 6.63. The maximum atomic E-state index is 13.5. The van der Waals surface area contributed by atoms with Gasteiger partial charge in [0.05, 0.1) is 24.5 Å². The summed E-state index contributed by atoms with van der Waals surface area (Å²) in [4.78, 5) is 30.2. The number of ether oxygens (including phenoxy) is 1. The second-order valence-electron chi connectivity index (χ2n) is 8.27. The van der Waals surface area contributed by atoms with Gasteiger partial charge in [0.15, 0.2) is 0 Å². The van der Waals surface area contributed by atoms with Gasteiger partial charge >= 0.3 is 6.03 Å². The molecule has 1 heterocycles. The van der Waals surface area contributed by atoms with Gasteiger partial charge in [-0.1, -0.05) is 42.5 Å². The van der Waals surface area contributed by atoms with Gasteiger partial charge in [0.1, 0.15) is 5.75 Å². The first-order chi connectivity index (χ1) is 16.0. The molecule has 1 N–H and O–H groups in total. The molecule has 0 aliphatic carbocycles. The number of carbonyl (C=O) groups excluding carboxylic acids is 2. The number of rotatable bonds is 6. The number of hydrogen-bond acceptors (Lipinski definition) is 3. The van der Waals surface area contributed by atoms with Crippen molar-refractivity contribution in [2.24, 2.45) is 0 Å². The average Bonchev–Trinajstić information content (AvgIpc) is 2.85. The Labute approximate surface area is 194 Å². The highest BCUT2D eigenvalue weighted by atomic mass is 16.5. The molecule has 1 fully saturated rings. The molecule has 6 heteroatoms. The van der Waals surface area contributed by atoms with E-state index in [-0.39, 0.29) is 18.0 Å². The van der Waals surface area contributed by atoms with Crippen LogP contribution in [0.2, 0.25) is 0 Å². The third-order valence-corrected chi connectivity index (χ3v) is 6.03. The molecule has 1 saturated heterocycles. The van der Waals surface area contributed by atoms with Crippen LogP contribution < -0.4 is 15.0 Å². The SMILES string of the molecule is COc1cccc(C(=O)Nc2cc(C)ccc2N2CCCN(C(C)c3ccccc3)C2=O)c1. The number of nitrogens with zero attached hydrogens (tertiary/aromatic N) is 2. The van der Waals surface area contributed by atoms with E-state index in [1.54, 1.807) is 36.3 Å². The third-order valence-electron chi connectivity index (χ3n) is 6.03. The maximum absolute atomic E-state index is 13.5.